The van der Waals surface area contributed by atoms with Gasteiger partial charge >= 0.3 is 0 Å². The van der Waals surface area contributed by atoms with Crippen molar-refractivity contribution in [1.29, 1.82) is 0 Å². The van der Waals surface area contributed by atoms with Crippen molar-refractivity contribution in [3.63, 3.8) is 0 Å². The number of hydrogen-bond acceptors (Lipinski definition) is 3. The summed E-state index contributed by atoms with van der Waals surface area (Å²) in [6, 6.07) is 3.06. The Morgan fingerprint density at radius 3 is 2.43 bits per heavy atom. The molecule has 1 aliphatic rings. The van der Waals surface area contributed by atoms with Crippen LogP contribution in [0.4, 0.5) is 0 Å². The van der Waals surface area contributed by atoms with Crippen LogP contribution in [-0.4, -0.2) is 20.9 Å². The second-order valence-corrected chi connectivity index (χ2v) is 7.37. The molecule has 5 nitrogen and oxygen atoms in total. The van der Waals surface area contributed by atoms with Crippen LogP contribution >= 0.6 is 0 Å². The van der Waals surface area contributed by atoms with E-state index in [4.69, 9.17) is 5.14 Å². The molecule has 2 rings (SSSR count). The third-order valence-electron chi connectivity index (χ3n) is 4.10. The summed E-state index contributed by atoms with van der Waals surface area (Å²) in [5.74, 6) is 0.307. The van der Waals surface area contributed by atoms with Gasteiger partial charge in [0.25, 0.3) is 5.91 Å². The van der Waals surface area contributed by atoms with Crippen LogP contribution in [0.25, 0.3) is 0 Å². The van der Waals surface area contributed by atoms with E-state index in [1.54, 1.807) is 19.9 Å². The average molecular weight is 310 g/mol. The molecule has 1 fully saturated rings. The van der Waals surface area contributed by atoms with Crippen LogP contribution in [0.1, 0.15) is 47.2 Å². The van der Waals surface area contributed by atoms with E-state index in [0.29, 0.717) is 23.6 Å². The largest absolute Gasteiger partial charge is 0.352 e. The molecule has 1 aromatic carbocycles. The first kappa shape index (κ1) is 16.0. The Balaban J connectivity index is 2.20. The maximum atomic E-state index is 12.3. The topological polar surface area (TPSA) is 89.3 Å². The lowest BCUT2D eigenvalue weighted by molar-refractivity contribution is 0.0946. The number of amides is 1. The molecule has 0 spiro atoms. The lowest BCUT2D eigenvalue weighted by atomic mass is 10.0. The van der Waals surface area contributed by atoms with Gasteiger partial charge in [0, 0.05) is 12.1 Å². The number of nitrogens with two attached hydrogens (primary N) is 1. The zero-order valence-electron chi connectivity index (χ0n) is 12.5. The maximum absolute atomic E-state index is 12.3. The fourth-order valence-corrected chi connectivity index (χ4v) is 3.72. The van der Waals surface area contributed by atoms with Crippen molar-refractivity contribution in [1.82, 2.24) is 5.32 Å². The van der Waals surface area contributed by atoms with Gasteiger partial charge in [-0.25, -0.2) is 13.6 Å². The molecule has 1 aromatic rings. The number of sulfonamides is 1. The highest BCUT2D eigenvalue weighted by Crippen LogP contribution is 2.24. The standard InChI is InChI=1S/C15H22N2O3S/c1-10-7-11(2)14(21(16,19)20)8-13(10)15(18)17-9-12-5-3-4-6-12/h7-8,12H,3-6,9H2,1-2H3,(H,17,18)(H2,16,19,20). The third kappa shape index (κ3) is 3.83. The molecular formula is C15H22N2O3S. The van der Waals surface area contributed by atoms with Crippen molar-refractivity contribution in [2.75, 3.05) is 6.54 Å². The minimum atomic E-state index is -3.82. The van der Waals surface area contributed by atoms with Gasteiger partial charge < -0.3 is 5.32 Å². The molecule has 0 unspecified atom stereocenters. The second-order valence-electron chi connectivity index (χ2n) is 5.84. The molecule has 0 aromatic heterocycles. The molecule has 116 valence electrons. The van der Waals surface area contributed by atoms with E-state index >= 15 is 0 Å². The molecule has 21 heavy (non-hydrogen) atoms. The van der Waals surface area contributed by atoms with Crippen LogP contribution in [0.5, 0.6) is 0 Å². The Kier molecular flexibility index (Phi) is 4.68. The fraction of sp³-hybridized carbons (Fsp3) is 0.533. The van der Waals surface area contributed by atoms with Crippen LogP contribution < -0.4 is 10.5 Å². The predicted octanol–water partition coefficient (Wildman–Crippen LogP) is 1.87. The van der Waals surface area contributed by atoms with Crippen LogP contribution in [0.15, 0.2) is 17.0 Å². The van der Waals surface area contributed by atoms with Crippen LogP contribution in [0, 0.1) is 19.8 Å². The van der Waals surface area contributed by atoms with Crippen molar-refractivity contribution in [2.45, 2.75) is 44.4 Å². The van der Waals surface area contributed by atoms with Gasteiger partial charge in [0.15, 0.2) is 0 Å². The van der Waals surface area contributed by atoms with Crippen molar-refractivity contribution >= 4 is 15.9 Å². The predicted molar refractivity (Wildman–Crippen MR) is 81.6 cm³/mol. The van der Waals surface area contributed by atoms with E-state index in [0.717, 1.165) is 18.4 Å². The Morgan fingerprint density at radius 1 is 1.24 bits per heavy atom. The number of benzene rings is 1. The van der Waals surface area contributed by atoms with Gasteiger partial charge in [-0.2, -0.15) is 0 Å². The van der Waals surface area contributed by atoms with Gasteiger partial charge in [-0.1, -0.05) is 18.9 Å². The molecule has 3 N–H and O–H groups in total. The van der Waals surface area contributed by atoms with Gasteiger partial charge in [0.05, 0.1) is 4.90 Å². The van der Waals surface area contributed by atoms with Crippen molar-refractivity contribution in [3.05, 3.63) is 28.8 Å². The SMILES string of the molecule is Cc1cc(C)c(S(N)(=O)=O)cc1C(=O)NCC1CCCC1. The summed E-state index contributed by atoms with van der Waals surface area (Å²) in [4.78, 5) is 12.3. The summed E-state index contributed by atoms with van der Waals surface area (Å²) in [7, 11) is -3.82. The normalized spacial score (nSPS) is 16.1. The van der Waals surface area contributed by atoms with Crippen molar-refractivity contribution < 1.29 is 13.2 Å². The Labute approximate surface area is 126 Å². The quantitative estimate of drug-likeness (QED) is 0.889. The number of primary sulfonamides is 1. The Bertz CT molecular complexity index is 647. The molecule has 6 heteroatoms. The smallest absolute Gasteiger partial charge is 0.251 e. The third-order valence-corrected chi connectivity index (χ3v) is 5.15. The molecule has 0 aliphatic heterocycles. The molecular weight excluding hydrogens is 288 g/mol. The summed E-state index contributed by atoms with van der Waals surface area (Å²) < 4.78 is 23.1. The zero-order valence-corrected chi connectivity index (χ0v) is 13.3. The molecule has 0 atom stereocenters. The molecule has 1 aliphatic carbocycles. The number of nitrogens with one attached hydrogen (secondary N) is 1. The summed E-state index contributed by atoms with van der Waals surface area (Å²) in [5, 5.41) is 8.10. The maximum Gasteiger partial charge on any atom is 0.251 e. The molecule has 1 amide bonds. The molecule has 0 saturated heterocycles. The van der Waals surface area contributed by atoms with Gasteiger partial charge in [-0.15, -0.1) is 0 Å². The van der Waals surface area contributed by atoms with Crippen LogP contribution in [0.2, 0.25) is 0 Å². The lowest BCUT2D eigenvalue weighted by Gasteiger charge is -2.13. The van der Waals surface area contributed by atoms with Gasteiger partial charge in [-0.3, -0.25) is 4.79 Å². The average Bonchev–Trinajstić information content (AvgIpc) is 2.87. The van der Waals surface area contributed by atoms with E-state index in [1.165, 1.54) is 18.9 Å². The molecule has 0 radical (unpaired) electrons. The summed E-state index contributed by atoms with van der Waals surface area (Å²) in [6.07, 6.45) is 4.74. The van der Waals surface area contributed by atoms with Crippen molar-refractivity contribution in [2.24, 2.45) is 11.1 Å². The zero-order chi connectivity index (χ0) is 15.6. The second kappa shape index (κ2) is 6.15. The fourth-order valence-electron chi connectivity index (χ4n) is 2.93. The Hall–Kier alpha value is -1.40. The Morgan fingerprint density at radius 2 is 1.86 bits per heavy atom. The first-order chi connectivity index (χ1) is 9.79. The minimum absolute atomic E-state index is 0.0131. The van der Waals surface area contributed by atoms with Gasteiger partial charge in [-0.05, 0) is 49.8 Å². The molecule has 1 saturated carbocycles. The van der Waals surface area contributed by atoms with Crippen molar-refractivity contribution in [3.8, 4) is 0 Å². The van der Waals surface area contributed by atoms with E-state index < -0.39 is 10.0 Å². The van der Waals surface area contributed by atoms with E-state index in [2.05, 4.69) is 5.32 Å². The first-order valence-corrected chi connectivity index (χ1v) is 8.76. The number of carbonyl (C=O) groups excluding carboxylic acids is 1. The van der Waals surface area contributed by atoms with Gasteiger partial charge in [0.2, 0.25) is 10.0 Å². The first-order valence-electron chi connectivity index (χ1n) is 7.21. The van der Waals surface area contributed by atoms with Crippen LogP contribution in [-0.2, 0) is 10.0 Å². The highest BCUT2D eigenvalue weighted by atomic mass is 32.2. The number of rotatable bonds is 4. The monoisotopic (exact) mass is 310 g/mol. The molecule has 0 bridgehead atoms. The van der Waals surface area contributed by atoms with E-state index in [-0.39, 0.29) is 10.8 Å². The highest BCUT2D eigenvalue weighted by molar-refractivity contribution is 7.89. The number of carbonyl (C=O) groups is 1. The number of aryl methyl sites for hydroxylation is 2. The van der Waals surface area contributed by atoms with E-state index in [1.807, 2.05) is 0 Å². The lowest BCUT2D eigenvalue weighted by Crippen LogP contribution is -2.29. The van der Waals surface area contributed by atoms with E-state index in [9.17, 15) is 13.2 Å². The van der Waals surface area contributed by atoms with Gasteiger partial charge in [0.1, 0.15) is 0 Å². The highest BCUT2D eigenvalue weighted by Gasteiger charge is 2.20. The molecule has 0 heterocycles. The van der Waals surface area contributed by atoms with Crippen LogP contribution in [0.3, 0.4) is 0 Å². The summed E-state index contributed by atoms with van der Waals surface area (Å²) in [6.45, 7) is 4.12. The summed E-state index contributed by atoms with van der Waals surface area (Å²) >= 11 is 0. The summed E-state index contributed by atoms with van der Waals surface area (Å²) in [5.41, 5.74) is 1.69. The number of hydrogen-bond donors (Lipinski definition) is 2. The minimum Gasteiger partial charge on any atom is -0.352 e.